The highest BCUT2D eigenvalue weighted by atomic mass is 127. The Hall–Kier alpha value is 1.50. The van der Waals surface area contributed by atoms with E-state index in [-0.39, 0.29) is 0 Å². The van der Waals surface area contributed by atoms with Crippen LogP contribution < -0.4 is 0 Å². The number of rotatable bonds is 1. The second kappa shape index (κ2) is 6.51. The van der Waals surface area contributed by atoms with Crippen molar-refractivity contribution in [2.45, 2.75) is 0 Å². The maximum Gasteiger partial charge on any atom is 0.0672 e. The van der Waals surface area contributed by atoms with Gasteiger partial charge in [-0.05, 0) is 92.0 Å². The minimum atomic E-state index is 0.477. The van der Waals surface area contributed by atoms with Crippen LogP contribution in [0.4, 0.5) is 0 Å². The first-order chi connectivity index (χ1) is 8.41. The first kappa shape index (κ1) is 15.9. The molecule has 0 saturated heterocycles. The lowest BCUT2D eigenvalue weighted by atomic mass is 10.1. The van der Waals surface area contributed by atoms with E-state index in [4.69, 9.17) is 34.8 Å². The van der Waals surface area contributed by atoms with Gasteiger partial charge in [0.2, 0.25) is 0 Å². The summed E-state index contributed by atoms with van der Waals surface area (Å²) in [5.74, 6) is 0. The first-order valence-electron chi connectivity index (χ1n) is 4.70. The molecule has 0 heterocycles. The Labute approximate surface area is 161 Å². The summed E-state index contributed by atoms with van der Waals surface area (Å²) in [5, 5.41) is 1.60. The Morgan fingerprint density at radius 3 is 2.11 bits per heavy atom. The summed E-state index contributed by atoms with van der Waals surface area (Å²) in [5.41, 5.74) is 1.96. The molecular weight excluding hydrogens is 631 g/mol. The fourth-order valence-electron chi connectivity index (χ4n) is 1.51. The third-order valence-electron chi connectivity index (χ3n) is 2.31. The Bertz CT molecular complexity index is 626. The van der Waals surface area contributed by atoms with Crippen molar-refractivity contribution in [1.82, 2.24) is 0 Å². The maximum atomic E-state index is 6.30. The van der Waals surface area contributed by atoms with Crippen LogP contribution in [0, 0.1) is 10.7 Å². The quantitative estimate of drug-likeness (QED) is 0.231. The van der Waals surface area contributed by atoms with Crippen LogP contribution in [0.2, 0.25) is 15.1 Å². The van der Waals surface area contributed by atoms with E-state index in [0.29, 0.717) is 15.1 Å². The van der Waals surface area contributed by atoms with Crippen LogP contribution in [-0.4, -0.2) is 0 Å². The molecule has 0 unspecified atom stereocenters. The lowest BCUT2D eigenvalue weighted by Crippen LogP contribution is -1.92. The van der Waals surface area contributed by atoms with Crippen LogP contribution in [0.5, 0.6) is 0 Å². The van der Waals surface area contributed by atoms with E-state index in [2.05, 4.69) is 79.9 Å². The maximum absolute atomic E-state index is 6.30. The minimum Gasteiger partial charge on any atom is -0.0843 e. The average Bonchev–Trinajstić information content (AvgIpc) is 2.30. The largest absolute Gasteiger partial charge is 0.0843 e. The number of hydrogen-bond donors (Lipinski definition) is 0. The van der Waals surface area contributed by atoms with E-state index >= 15 is 0 Å². The second-order valence-corrected chi connectivity index (χ2v) is 8.09. The van der Waals surface area contributed by atoms with E-state index in [1.54, 1.807) is 6.07 Å². The fourth-order valence-corrected chi connectivity index (χ4v) is 4.68. The number of hydrogen-bond acceptors (Lipinski definition) is 0. The van der Waals surface area contributed by atoms with Gasteiger partial charge in [-0.15, -0.1) is 0 Å². The molecule has 0 radical (unpaired) electrons. The summed E-state index contributed by atoms with van der Waals surface area (Å²) in [7, 11) is 0. The predicted octanol–water partition coefficient (Wildman–Crippen LogP) is 7.13. The lowest BCUT2D eigenvalue weighted by Gasteiger charge is -2.12. The summed E-state index contributed by atoms with van der Waals surface area (Å²) in [6.07, 6.45) is 0. The molecule has 0 atom stereocenters. The van der Waals surface area contributed by atoms with Gasteiger partial charge in [0.1, 0.15) is 0 Å². The van der Waals surface area contributed by atoms with Gasteiger partial charge in [-0.3, -0.25) is 0 Å². The third kappa shape index (κ3) is 3.21. The molecule has 2 aromatic carbocycles. The molecule has 2 rings (SSSR count). The van der Waals surface area contributed by atoms with Crippen LogP contribution in [0.15, 0.2) is 24.3 Å². The zero-order valence-electron chi connectivity index (χ0n) is 8.58. The van der Waals surface area contributed by atoms with Crippen LogP contribution in [0.3, 0.4) is 0 Å². The van der Waals surface area contributed by atoms with Crippen molar-refractivity contribution in [1.29, 1.82) is 0 Å². The van der Waals surface area contributed by atoms with Crippen LogP contribution in [0.25, 0.3) is 11.1 Å². The summed E-state index contributed by atoms with van der Waals surface area (Å²) >= 11 is 25.4. The average molecular weight is 635 g/mol. The van der Waals surface area contributed by atoms with Gasteiger partial charge in [0, 0.05) is 26.9 Å². The van der Waals surface area contributed by atoms with E-state index in [1.807, 2.05) is 6.07 Å². The molecule has 0 N–H and O–H groups in total. The zero-order valence-corrected chi connectivity index (χ0v) is 17.3. The highest BCUT2D eigenvalue weighted by Gasteiger charge is 2.16. The molecule has 0 bridgehead atoms. The van der Waals surface area contributed by atoms with Gasteiger partial charge < -0.3 is 0 Å². The third-order valence-corrected chi connectivity index (χ3v) is 7.28. The van der Waals surface area contributed by atoms with Crippen molar-refractivity contribution >= 4 is 103 Å². The normalized spacial score (nSPS) is 10.8. The van der Waals surface area contributed by atoms with Gasteiger partial charge in [0.05, 0.1) is 10.0 Å². The predicted molar refractivity (Wildman–Crippen MR) is 105 cm³/mol. The Balaban J connectivity index is 2.81. The highest BCUT2D eigenvalue weighted by molar-refractivity contribution is 14.1. The molecule has 0 aliphatic heterocycles. The van der Waals surface area contributed by atoms with Gasteiger partial charge in [-0.25, -0.2) is 0 Å². The first-order valence-corrected chi connectivity index (χ1v) is 9.07. The van der Waals surface area contributed by atoms with Crippen LogP contribution in [-0.2, 0) is 0 Å². The van der Waals surface area contributed by atoms with Crippen LogP contribution in [0.1, 0.15) is 0 Å². The fraction of sp³-hybridized carbons (Fsp3) is 0. The molecule has 0 aliphatic carbocycles. The Morgan fingerprint density at radius 1 is 0.833 bits per heavy atom. The molecule has 0 spiro atoms. The van der Waals surface area contributed by atoms with E-state index in [0.717, 1.165) is 18.3 Å². The summed E-state index contributed by atoms with van der Waals surface area (Å²) in [4.78, 5) is 0. The molecular formula is C12H4Cl3I3. The molecule has 0 aliphatic rings. The topological polar surface area (TPSA) is 0 Å². The Morgan fingerprint density at radius 2 is 1.44 bits per heavy atom. The van der Waals surface area contributed by atoms with Crippen molar-refractivity contribution in [3.05, 3.63) is 50.0 Å². The summed E-state index contributed by atoms with van der Waals surface area (Å²) in [6.45, 7) is 0. The van der Waals surface area contributed by atoms with Gasteiger partial charge in [-0.2, -0.15) is 0 Å². The van der Waals surface area contributed by atoms with Gasteiger partial charge in [-0.1, -0.05) is 34.8 Å². The van der Waals surface area contributed by atoms with E-state index < -0.39 is 0 Å². The van der Waals surface area contributed by atoms with E-state index in [1.165, 1.54) is 3.57 Å². The van der Waals surface area contributed by atoms with Gasteiger partial charge >= 0.3 is 0 Å². The summed E-state index contributed by atoms with van der Waals surface area (Å²) < 4.78 is 3.45. The van der Waals surface area contributed by atoms with Crippen molar-refractivity contribution in [2.24, 2.45) is 0 Å². The van der Waals surface area contributed by atoms with Gasteiger partial charge in [0.25, 0.3) is 0 Å². The molecule has 0 fully saturated rings. The highest BCUT2D eigenvalue weighted by Crippen LogP contribution is 2.41. The summed E-state index contributed by atoms with van der Waals surface area (Å²) in [6, 6.07) is 7.65. The van der Waals surface area contributed by atoms with Gasteiger partial charge in [0.15, 0.2) is 0 Å². The second-order valence-electron chi connectivity index (χ2n) is 3.47. The van der Waals surface area contributed by atoms with Crippen molar-refractivity contribution in [3.8, 4) is 11.1 Å². The smallest absolute Gasteiger partial charge is 0.0672 e. The molecule has 94 valence electrons. The molecule has 0 amide bonds. The molecule has 0 saturated carbocycles. The number of halogens is 6. The van der Waals surface area contributed by atoms with Crippen molar-refractivity contribution < 1.29 is 0 Å². The number of benzene rings is 2. The molecule has 0 aromatic heterocycles. The van der Waals surface area contributed by atoms with Crippen LogP contribution >= 0.6 is 103 Å². The van der Waals surface area contributed by atoms with Crippen molar-refractivity contribution in [2.75, 3.05) is 0 Å². The van der Waals surface area contributed by atoms with E-state index in [9.17, 15) is 0 Å². The standard InChI is InChI=1S/C12H4Cl3I3/c13-5-3-6(11(15)7(14)4-5)10-8(16)1-2-9(17)12(10)18/h1-4H. The monoisotopic (exact) mass is 634 g/mol. The van der Waals surface area contributed by atoms with Crippen molar-refractivity contribution in [3.63, 3.8) is 0 Å². The molecule has 6 heteroatoms. The SMILES string of the molecule is Clc1cc(Cl)c(Cl)c(-c2c(I)ccc(I)c2I)c1. The molecule has 0 nitrogen and oxygen atoms in total. The minimum absolute atomic E-state index is 0.477. The lowest BCUT2D eigenvalue weighted by molar-refractivity contribution is 1.50. The Kier molecular flexibility index (Phi) is 5.74. The zero-order chi connectivity index (χ0) is 13.4. The molecule has 18 heavy (non-hydrogen) atoms. The molecule has 2 aromatic rings.